The summed E-state index contributed by atoms with van der Waals surface area (Å²) in [6.07, 6.45) is 1.19. The average molecular weight is 132 g/mol. The zero-order chi connectivity index (χ0) is 7.11. The summed E-state index contributed by atoms with van der Waals surface area (Å²) in [5.41, 5.74) is 5.17. The summed E-state index contributed by atoms with van der Waals surface area (Å²) < 4.78 is 0. The van der Waals surface area contributed by atoms with Gasteiger partial charge in [-0.2, -0.15) is 0 Å². The lowest BCUT2D eigenvalue weighted by atomic mass is 10.2. The van der Waals surface area contributed by atoms with Crippen molar-refractivity contribution in [1.82, 2.24) is 5.32 Å². The van der Waals surface area contributed by atoms with Gasteiger partial charge in [-0.25, -0.2) is 0 Å². The minimum atomic E-state index is -0.174. The van der Waals surface area contributed by atoms with E-state index in [1.54, 1.807) is 0 Å². The normalized spacial score (nSPS) is 12.7. The van der Waals surface area contributed by atoms with Gasteiger partial charge in [0, 0.05) is 0 Å². The molecule has 0 fully saturated rings. The third-order valence-corrected chi connectivity index (χ3v) is 1.04. The molecule has 0 saturated heterocycles. The molecule has 0 bridgehead atoms. The van der Waals surface area contributed by atoms with Gasteiger partial charge in [-0.3, -0.25) is 4.79 Å². The number of hydrogen-bond donors (Lipinski definition) is 3. The largest absolute Gasteiger partial charge is 0.394 e. The highest BCUT2D eigenvalue weighted by Gasteiger charge is 2.01. The number of aliphatic hydroxyl groups excluding tert-OH is 1. The van der Waals surface area contributed by atoms with Crippen LogP contribution < -0.4 is 11.1 Å². The van der Waals surface area contributed by atoms with E-state index in [0.29, 0.717) is 19.4 Å². The second kappa shape index (κ2) is 5.53. The molecule has 0 aromatic heterocycles. The molecule has 54 valence electrons. The fourth-order valence-corrected chi connectivity index (χ4v) is 0.525. The Kier molecular flexibility index (Phi) is 5.15. The van der Waals surface area contributed by atoms with Gasteiger partial charge in [-0.05, 0) is 13.0 Å². The van der Waals surface area contributed by atoms with Gasteiger partial charge >= 0.3 is 0 Å². The van der Waals surface area contributed by atoms with Gasteiger partial charge in [0.2, 0.25) is 6.41 Å². The predicted octanol–water partition coefficient (Wildman–Crippen LogP) is -1.56. The van der Waals surface area contributed by atoms with Crippen LogP contribution in [0.5, 0.6) is 0 Å². The molecule has 0 heterocycles. The Labute approximate surface area is 54.0 Å². The highest BCUT2D eigenvalue weighted by Crippen LogP contribution is 1.84. The molecule has 0 aromatic carbocycles. The summed E-state index contributed by atoms with van der Waals surface area (Å²) in [6, 6.07) is -0.174. The summed E-state index contributed by atoms with van der Waals surface area (Å²) in [7, 11) is 0. The van der Waals surface area contributed by atoms with Gasteiger partial charge in [0.25, 0.3) is 0 Å². The van der Waals surface area contributed by atoms with Crippen LogP contribution in [0.4, 0.5) is 0 Å². The third kappa shape index (κ3) is 3.93. The van der Waals surface area contributed by atoms with E-state index in [4.69, 9.17) is 10.8 Å². The van der Waals surface area contributed by atoms with Gasteiger partial charge in [-0.15, -0.1) is 0 Å². The lowest BCUT2D eigenvalue weighted by molar-refractivity contribution is -0.110. The van der Waals surface area contributed by atoms with Gasteiger partial charge < -0.3 is 16.2 Å². The van der Waals surface area contributed by atoms with Crippen molar-refractivity contribution in [2.24, 2.45) is 5.73 Å². The number of aliphatic hydroxyl groups is 1. The molecule has 0 radical (unpaired) electrons. The highest BCUT2D eigenvalue weighted by molar-refractivity contribution is 5.46. The summed E-state index contributed by atoms with van der Waals surface area (Å²) in [6.45, 7) is 0.433. The monoisotopic (exact) mass is 132 g/mol. The lowest BCUT2D eigenvalue weighted by Crippen LogP contribution is -2.33. The van der Waals surface area contributed by atoms with Crippen LogP contribution >= 0.6 is 0 Å². The van der Waals surface area contributed by atoms with E-state index in [9.17, 15) is 4.79 Å². The molecular weight excluding hydrogens is 120 g/mol. The first-order valence-electron chi connectivity index (χ1n) is 2.85. The molecule has 4 nitrogen and oxygen atoms in total. The molecule has 1 atom stereocenters. The smallest absolute Gasteiger partial charge is 0.207 e. The minimum absolute atomic E-state index is 0.0457. The number of carbonyl (C=O) groups is 1. The van der Waals surface area contributed by atoms with E-state index in [2.05, 4.69) is 5.32 Å². The van der Waals surface area contributed by atoms with Crippen molar-refractivity contribution < 1.29 is 9.90 Å². The van der Waals surface area contributed by atoms with Gasteiger partial charge in [-0.1, -0.05) is 0 Å². The van der Waals surface area contributed by atoms with Crippen molar-refractivity contribution in [3.8, 4) is 0 Å². The Morgan fingerprint density at radius 1 is 1.78 bits per heavy atom. The number of amides is 1. The lowest BCUT2D eigenvalue weighted by Gasteiger charge is -2.09. The van der Waals surface area contributed by atoms with Gasteiger partial charge in [0.05, 0.1) is 12.6 Å². The summed E-state index contributed by atoms with van der Waals surface area (Å²) >= 11 is 0. The second-order valence-corrected chi connectivity index (χ2v) is 1.74. The Morgan fingerprint density at radius 2 is 2.44 bits per heavy atom. The summed E-state index contributed by atoms with van der Waals surface area (Å²) in [5.74, 6) is 0. The van der Waals surface area contributed by atoms with Crippen LogP contribution in [0.15, 0.2) is 0 Å². The van der Waals surface area contributed by atoms with Crippen molar-refractivity contribution in [2.45, 2.75) is 12.5 Å². The third-order valence-electron chi connectivity index (χ3n) is 1.04. The van der Waals surface area contributed by atoms with Crippen molar-refractivity contribution >= 4 is 6.41 Å². The second-order valence-electron chi connectivity index (χ2n) is 1.74. The Hall–Kier alpha value is -0.610. The van der Waals surface area contributed by atoms with Crippen molar-refractivity contribution in [3.63, 3.8) is 0 Å². The molecule has 0 spiro atoms. The maximum atomic E-state index is 9.79. The maximum Gasteiger partial charge on any atom is 0.207 e. The van der Waals surface area contributed by atoms with Gasteiger partial charge in [0.1, 0.15) is 0 Å². The molecule has 0 saturated carbocycles. The van der Waals surface area contributed by atoms with Gasteiger partial charge in [0.15, 0.2) is 0 Å². The van der Waals surface area contributed by atoms with E-state index in [-0.39, 0.29) is 12.6 Å². The SMILES string of the molecule is NCCC(CO)NC=O. The fraction of sp³-hybridized carbons (Fsp3) is 0.800. The zero-order valence-electron chi connectivity index (χ0n) is 5.21. The van der Waals surface area contributed by atoms with Crippen LogP contribution in [0.1, 0.15) is 6.42 Å². The van der Waals surface area contributed by atoms with Crippen molar-refractivity contribution in [2.75, 3.05) is 13.2 Å². The van der Waals surface area contributed by atoms with Crippen LogP contribution in [0.25, 0.3) is 0 Å². The first-order valence-corrected chi connectivity index (χ1v) is 2.85. The van der Waals surface area contributed by atoms with E-state index >= 15 is 0 Å². The van der Waals surface area contributed by atoms with Crippen LogP contribution in [0.2, 0.25) is 0 Å². The molecular formula is C5H12N2O2. The molecule has 1 amide bonds. The van der Waals surface area contributed by atoms with Crippen LogP contribution in [-0.4, -0.2) is 30.7 Å². The number of nitrogens with two attached hydrogens (primary N) is 1. The number of nitrogens with one attached hydrogen (secondary N) is 1. The van der Waals surface area contributed by atoms with Crippen molar-refractivity contribution in [3.05, 3.63) is 0 Å². The topological polar surface area (TPSA) is 75.3 Å². The van der Waals surface area contributed by atoms with Crippen LogP contribution in [0.3, 0.4) is 0 Å². The number of carbonyl (C=O) groups excluding carboxylic acids is 1. The molecule has 0 rings (SSSR count). The van der Waals surface area contributed by atoms with Crippen molar-refractivity contribution in [1.29, 1.82) is 0 Å². The quantitative estimate of drug-likeness (QED) is 0.396. The van der Waals surface area contributed by atoms with Crippen LogP contribution in [-0.2, 0) is 4.79 Å². The number of rotatable bonds is 5. The molecule has 4 heteroatoms. The molecule has 0 aliphatic carbocycles. The Balaban J connectivity index is 3.28. The van der Waals surface area contributed by atoms with E-state index in [0.717, 1.165) is 0 Å². The molecule has 9 heavy (non-hydrogen) atoms. The Bertz CT molecular complexity index is 77.4. The Morgan fingerprint density at radius 3 is 2.78 bits per heavy atom. The predicted molar refractivity (Wildman–Crippen MR) is 33.7 cm³/mol. The molecule has 0 aliphatic heterocycles. The first-order chi connectivity index (χ1) is 4.35. The maximum absolute atomic E-state index is 9.79. The molecule has 0 aromatic rings. The van der Waals surface area contributed by atoms with E-state index in [1.807, 2.05) is 0 Å². The average Bonchev–Trinajstić information content (AvgIpc) is 1.88. The van der Waals surface area contributed by atoms with E-state index < -0.39 is 0 Å². The summed E-state index contributed by atoms with van der Waals surface area (Å²) in [5, 5.41) is 10.9. The standard InChI is InChI=1S/C5H12N2O2/c6-2-1-5(3-8)7-4-9/h4-5,8H,1-3,6H2,(H,7,9). The highest BCUT2D eigenvalue weighted by atomic mass is 16.3. The van der Waals surface area contributed by atoms with Crippen LogP contribution in [0, 0.1) is 0 Å². The molecule has 4 N–H and O–H groups in total. The van der Waals surface area contributed by atoms with E-state index in [1.165, 1.54) is 0 Å². The first kappa shape index (κ1) is 8.39. The minimum Gasteiger partial charge on any atom is -0.394 e. The zero-order valence-corrected chi connectivity index (χ0v) is 5.21. The number of hydrogen-bond acceptors (Lipinski definition) is 3. The summed E-state index contributed by atoms with van der Waals surface area (Å²) in [4.78, 5) is 9.79. The fourth-order valence-electron chi connectivity index (χ4n) is 0.525. The molecule has 1 unspecified atom stereocenters. The molecule has 0 aliphatic rings.